The van der Waals surface area contributed by atoms with Crippen molar-refractivity contribution in [1.82, 2.24) is 5.32 Å². The maximum Gasteiger partial charge on any atom is 0.391 e. The molecule has 116 valence electrons. The van der Waals surface area contributed by atoms with Gasteiger partial charge in [0.05, 0.1) is 5.92 Å². The molecule has 0 radical (unpaired) electrons. The third-order valence-corrected chi connectivity index (χ3v) is 4.16. The first-order valence-electron chi connectivity index (χ1n) is 7.01. The van der Waals surface area contributed by atoms with Crippen LogP contribution in [0.15, 0.2) is 36.6 Å². The zero-order valence-electron chi connectivity index (χ0n) is 11.6. The molecular formula is C15H19F3N2O. The summed E-state index contributed by atoms with van der Waals surface area (Å²) in [5, 5.41) is 2.90. The Morgan fingerprint density at radius 2 is 1.90 bits per heavy atom. The second-order valence-electron chi connectivity index (χ2n) is 5.61. The first-order valence-corrected chi connectivity index (χ1v) is 7.01. The summed E-state index contributed by atoms with van der Waals surface area (Å²) < 4.78 is 37.8. The normalized spacial score (nSPS) is 33.1. The Balaban J connectivity index is 1.97. The Labute approximate surface area is 121 Å². The Morgan fingerprint density at radius 1 is 1.24 bits per heavy atom. The zero-order valence-corrected chi connectivity index (χ0v) is 11.6. The van der Waals surface area contributed by atoms with E-state index in [0.717, 1.165) is 0 Å². The molecule has 0 spiro atoms. The van der Waals surface area contributed by atoms with Crippen molar-refractivity contribution in [1.29, 1.82) is 0 Å². The Bertz CT molecular complexity index is 474. The van der Waals surface area contributed by atoms with E-state index >= 15 is 0 Å². The maximum absolute atomic E-state index is 12.6. The number of hydrogen-bond donors (Lipinski definition) is 2. The zero-order chi connectivity index (χ0) is 15.5. The number of carbonyl (C=O) groups is 1. The summed E-state index contributed by atoms with van der Waals surface area (Å²) in [4.78, 5) is 11.6. The summed E-state index contributed by atoms with van der Waals surface area (Å²) in [6.07, 6.45) is 7.35. The first kappa shape index (κ1) is 15.7. The Morgan fingerprint density at radius 3 is 2.38 bits per heavy atom. The van der Waals surface area contributed by atoms with Crippen molar-refractivity contribution in [3.8, 4) is 0 Å². The third-order valence-electron chi connectivity index (χ3n) is 4.16. The standard InChI is InChI=1S/C15H19F3N2O/c16-15(17,18)12-5-3-11(4-6-12)7-9-14(13(19)21)8-1-2-10-20-14/h1-2,7-12,20H,3-6H2,(H2,19,21)/b9-7+. The summed E-state index contributed by atoms with van der Waals surface area (Å²) >= 11 is 0. The van der Waals surface area contributed by atoms with Gasteiger partial charge in [-0.25, -0.2) is 0 Å². The molecule has 1 fully saturated rings. The van der Waals surface area contributed by atoms with Crippen molar-refractivity contribution in [2.45, 2.75) is 37.4 Å². The molecule has 6 heteroatoms. The molecule has 0 bridgehead atoms. The fourth-order valence-electron chi connectivity index (χ4n) is 2.76. The summed E-state index contributed by atoms with van der Waals surface area (Å²) in [5.41, 5.74) is 4.34. The van der Waals surface area contributed by atoms with Gasteiger partial charge in [-0.1, -0.05) is 12.2 Å². The number of halogens is 3. The van der Waals surface area contributed by atoms with Crippen LogP contribution in [-0.4, -0.2) is 17.6 Å². The van der Waals surface area contributed by atoms with Gasteiger partial charge in [0, 0.05) is 0 Å². The van der Waals surface area contributed by atoms with Crippen molar-refractivity contribution in [2.75, 3.05) is 0 Å². The van der Waals surface area contributed by atoms with Crippen LogP contribution in [0.1, 0.15) is 25.7 Å². The van der Waals surface area contributed by atoms with Crippen LogP contribution in [-0.2, 0) is 4.79 Å². The average Bonchev–Trinajstić information content (AvgIpc) is 2.45. The predicted molar refractivity (Wildman–Crippen MR) is 74.0 cm³/mol. The highest BCUT2D eigenvalue weighted by molar-refractivity contribution is 5.90. The van der Waals surface area contributed by atoms with Crippen molar-refractivity contribution >= 4 is 5.91 Å². The Kier molecular flexibility index (Phi) is 4.44. The van der Waals surface area contributed by atoms with Gasteiger partial charge in [-0.3, -0.25) is 4.79 Å². The van der Waals surface area contributed by atoms with Gasteiger partial charge >= 0.3 is 6.18 Å². The molecule has 1 aliphatic heterocycles. The molecule has 1 aliphatic carbocycles. The number of primary amides is 1. The van der Waals surface area contributed by atoms with Gasteiger partial charge in [0.25, 0.3) is 5.91 Å². The monoisotopic (exact) mass is 300 g/mol. The number of nitrogens with two attached hydrogens (primary N) is 1. The van der Waals surface area contributed by atoms with Crippen LogP contribution in [0, 0.1) is 11.8 Å². The minimum Gasteiger partial charge on any atom is -0.371 e. The molecule has 0 aromatic carbocycles. The maximum atomic E-state index is 12.6. The molecular weight excluding hydrogens is 281 g/mol. The van der Waals surface area contributed by atoms with Gasteiger partial charge in [-0.2, -0.15) is 13.2 Å². The van der Waals surface area contributed by atoms with E-state index in [1.807, 2.05) is 6.08 Å². The summed E-state index contributed by atoms with van der Waals surface area (Å²) in [7, 11) is 0. The van der Waals surface area contributed by atoms with Crippen LogP contribution in [0.4, 0.5) is 13.2 Å². The van der Waals surface area contributed by atoms with E-state index in [2.05, 4.69) is 5.32 Å². The molecule has 0 aromatic rings. The summed E-state index contributed by atoms with van der Waals surface area (Å²) in [6.45, 7) is 0. The molecule has 1 heterocycles. The first-order chi connectivity index (χ1) is 9.83. The summed E-state index contributed by atoms with van der Waals surface area (Å²) in [6, 6.07) is 0. The van der Waals surface area contributed by atoms with E-state index in [0.29, 0.717) is 12.8 Å². The molecule has 1 unspecified atom stereocenters. The van der Waals surface area contributed by atoms with E-state index in [-0.39, 0.29) is 18.8 Å². The van der Waals surface area contributed by atoms with Gasteiger partial charge < -0.3 is 11.1 Å². The number of hydrogen-bond acceptors (Lipinski definition) is 2. The number of allylic oxidation sites excluding steroid dienone is 3. The molecule has 2 aliphatic rings. The minimum absolute atomic E-state index is 0.0564. The third kappa shape index (κ3) is 3.68. The van der Waals surface area contributed by atoms with Crippen LogP contribution in [0.2, 0.25) is 0 Å². The molecule has 3 nitrogen and oxygen atoms in total. The molecule has 1 saturated carbocycles. The SMILES string of the molecule is NC(=O)C1(/C=C/C2CCC(C(F)(F)F)CC2)C=CC=CN1. The number of amides is 1. The van der Waals surface area contributed by atoms with Crippen LogP contribution in [0.3, 0.4) is 0 Å². The predicted octanol–water partition coefficient (Wildman–Crippen LogP) is 2.81. The molecule has 0 saturated heterocycles. The molecule has 1 amide bonds. The lowest BCUT2D eigenvalue weighted by Gasteiger charge is -2.30. The van der Waals surface area contributed by atoms with E-state index in [1.54, 1.807) is 30.5 Å². The topological polar surface area (TPSA) is 55.1 Å². The fourth-order valence-corrected chi connectivity index (χ4v) is 2.76. The van der Waals surface area contributed by atoms with Crippen molar-refractivity contribution in [2.24, 2.45) is 17.6 Å². The summed E-state index contributed by atoms with van der Waals surface area (Å²) in [5.74, 6) is -1.67. The number of alkyl halides is 3. The van der Waals surface area contributed by atoms with Gasteiger partial charge in [0.2, 0.25) is 0 Å². The lowest BCUT2D eigenvalue weighted by molar-refractivity contribution is -0.183. The lowest BCUT2D eigenvalue weighted by atomic mass is 9.80. The smallest absolute Gasteiger partial charge is 0.371 e. The number of rotatable bonds is 3. The van der Waals surface area contributed by atoms with E-state index in [4.69, 9.17) is 5.73 Å². The number of nitrogens with one attached hydrogen (secondary N) is 1. The highest BCUT2D eigenvalue weighted by atomic mass is 19.4. The fraction of sp³-hybridized carbons (Fsp3) is 0.533. The minimum atomic E-state index is -4.10. The second-order valence-corrected chi connectivity index (χ2v) is 5.61. The molecule has 1 atom stereocenters. The molecule has 2 rings (SSSR count). The van der Waals surface area contributed by atoms with Crippen LogP contribution < -0.4 is 11.1 Å². The van der Waals surface area contributed by atoms with Crippen molar-refractivity contribution in [3.63, 3.8) is 0 Å². The average molecular weight is 300 g/mol. The Hall–Kier alpha value is -1.72. The lowest BCUT2D eigenvalue weighted by Crippen LogP contribution is -2.51. The van der Waals surface area contributed by atoms with Crippen LogP contribution in [0.5, 0.6) is 0 Å². The number of dihydropyridines is 1. The molecule has 3 N–H and O–H groups in total. The quantitative estimate of drug-likeness (QED) is 0.787. The van der Waals surface area contributed by atoms with Gasteiger partial charge in [0.1, 0.15) is 0 Å². The van der Waals surface area contributed by atoms with Gasteiger partial charge in [-0.15, -0.1) is 0 Å². The second kappa shape index (κ2) is 5.95. The van der Waals surface area contributed by atoms with E-state index < -0.39 is 23.5 Å². The van der Waals surface area contributed by atoms with E-state index in [1.165, 1.54) is 0 Å². The number of carbonyl (C=O) groups excluding carboxylic acids is 1. The van der Waals surface area contributed by atoms with Crippen molar-refractivity contribution in [3.05, 3.63) is 36.6 Å². The highest BCUT2D eigenvalue weighted by Gasteiger charge is 2.41. The highest BCUT2D eigenvalue weighted by Crippen LogP contribution is 2.40. The largest absolute Gasteiger partial charge is 0.391 e. The van der Waals surface area contributed by atoms with Crippen LogP contribution in [0.25, 0.3) is 0 Å². The van der Waals surface area contributed by atoms with Gasteiger partial charge in [-0.05, 0) is 56.0 Å². The van der Waals surface area contributed by atoms with Gasteiger partial charge in [0.15, 0.2) is 5.54 Å². The molecule has 0 aromatic heterocycles. The van der Waals surface area contributed by atoms with Crippen LogP contribution >= 0.6 is 0 Å². The van der Waals surface area contributed by atoms with Crippen molar-refractivity contribution < 1.29 is 18.0 Å². The molecule has 21 heavy (non-hydrogen) atoms. The van der Waals surface area contributed by atoms with E-state index in [9.17, 15) is 18.0 Å².